The van der Waals surface area contributed by atoms with Crippen LogP contribution in [0.3, 0.4) is 0 Å². The number of nitrogens with zero attached hydrogens (tertiary/aromatic N) is 4. The zero-order chi connectivity index (χ0) is 10.1. The van der Waals surface area contributed by atoms with Crippen LogP contribution < -0.4 is 5.73 Å². The van der Waals surface area contributed by atoms with E-state index in [2.05, 4.69) is 20.4 Å². The first kappa shape index (κ1) is 8.16. The minimum Gasteiger partial charge on any atom is -0.401 e. The van der Waals surface area contributed by atoms with E-state index >= 15 is 0 Å². The van der Waals surface area contributed by atoms with Gasteiger partial charge in [-0.25, -0.2) is 0 Å². The van der Waals surface area contributed by atoms with Gasteiger partial charge in [0.25, 0.3) is 5.89 Å². The zero-order valence-corrected chi connectivity index (χ0v) is 6.67. The number of H-pyrrole nitrogens is 1. The molecule has 0 spiro atoms. The van der Waals surface area contributed by atoms with Crippen LogP contribution in [0.5, 0.6) is 0 Å². The van der Waals surface area contributed by atoms with Crippen molar-refractivity contribution in [2.24, 2.45) is 0 Å². The fourth-order valence-corrected chi connectivity index (χ4v) is 0.910. The summed E-state index contributed by atoms with van der Waals surface area (Å²) in [6, 6.07) is -0.169. The second kappa shape index (κ2) is 2.80. The predicted octanol–water partition coefficient (Wildman–Crippen LogP) is -0.0499. The molecule has 0 aliphatic rings. The molecule has 0 radical (unpaired) electrons. The van der Waals surface area contributed by atoms with Crippen LogP contribution in [0, 0.1) is 10.1 Å². The molecular formula is C5H4N6O3. The van der Waals surface area contributed by atoms with Crippen molar-refractivity contribution >= 4 is 11.7 Å². The van der Waals surface area contributed by atoms with Crippen LogP contribution in [0.4, 0.5) is 11.7 Å². The largest absolute Gasteiger partial charge is 0.401 e. The minimum absolute atomic E-state index is 0.0285. The lowest BCUT2D eigenvalue weighted by Gasteiger charge is -1.86. The highest BCUT2D eigenvalue weighted by Crippen LogP contribution is 2.25. The molecule has 2 aromatic rings. The van der Waals surface area contributed by atoms with Crippen molar-refractivity contribution in [3.05, 3.63) is 16.3 Å². The van der Waals surface area contributed by atoms with Gasteiger partial charge in [-0.1, -0.05) is 5.10 Å². The summed E-state index contributed by atoms with van der Waals surface area (Å²) in [5.74, 6) is -0.0875. The van der Waals surface area contributed by atoms with Gasteiger partial charge in [0, 0.05) is 0 Å². The Balaban J connectivity index is 2.51. The molecule has 9 nitrogen and oxygen atoms in total. The maximum Gasteiger partial charge on any atom is 0.319 e. The Hall–Kier alpha value is -2.45. The molecule has 0 fully saturated rings. The van der Waals surface area contributed by atoms with Gasteiger partial charge in [0.05, 0.1) is 4.92 Å². The molecule has 3 N–H and O–H groups in total. The summed E-state index contributed by atoms with van der Waals surface area (Å²) in [5.41, 5.74) is 4.89. The number of rotatable bonds is 2. The van der Waals surface area contributed by atoms with Crippen molar-refractivity contribution in [3.8, 4) is 11.6 Å². The molecule has 0 saturated carbocycles. The first-order chi connectivity index (χ1) is 6.68. The Kier molecular flexibility index (Phi) is 1.63. The SMILES string of the molecule is Nc1nnc(-c2n[nH]cc2[N+](=O)[O-])o1. The van der Waals surface area contributed by atoms with Crippen LogP contribution in [0.25, 0.3) is 11.6 Å². The van der Waals surface area contributed by atoms with Crippen molar-refractivity contribution in [2.45, 2.75) is 0 Å². The van der Waals surface area contributed by atoms with Gasteiger partial charge in [0.1, 0.15) is 6.20 Å². The zero-order valence-electron chi connectivity index (χ0n) is 6.67. The number of anilines is 1. The molecule has 14 heavy (non-hydrogen) atoms. The first-order valence-corrected chi connectivity index (χ1v) is 3.46. The molecule has 0 atom stereocenters. The van der Waals surface area contributed by atoms with E-state index in [4.69, 9.17) is 10.2 Å². The van der Waals surface area contributed by atoms with Crippen molar-refractivity contribution in [3.63, 3.8) is 0 Å². The number of nitrogens with one attached hydrogen (secondary N) is 1. The van der Waals surface area contributed by atoms with Gasteiger partial charge in [-0.05, 0) is 0 Å². The van der Waals surface area contributed by atoms with Crippen LogP contribution in [-0.4, -0.2) is 25.3 Å². The summed E-state index contributed by atoms with van der Waals surface area (Å²) < 4.78 is 4.79. The molecule has 72 valence electrons. The van der Waals surface area contributed by atoms with Crippen LogP contribution in [0.1, 0.15) is 0 Å². The highest BCUT2D eigenvalue weighted by Gasteiger charge is 2.22. The maximum atomic E-state index is 10.5. The Morgan fingerprint density at radius 3 is 2.93 bits per heavy atom. The van der Waals surface area contributed by atoms with Crippen molar-refractivity contribution in [2.75, 3.05) is 5.73 Å². The van der Waals surface area contributed by atoms with Gasteiger partial charge >= 0.3 is 11.7 Å². The van der Waals surface area contributed by atoms with Crippen molar-refractivity contribution < 1.29 is 9.34 Å². The second-order valence-electron chi connectivity index (χ2n) is 2.32. The normalized spacial score (nSPS) is 10.3. The molecule has 2 rings (SSSR count). The summed E-state index contributed by atoms with van der Waals surface area (Å²) in [6.07, 6.45) is 1.12. The second-order valence-corrected chi connectivity index (χ2v) is 2.32. The summed E-state index contributed by atoms with van der Waals surface area (Å²) in [6.45, 7) is 0. The fourth-order valence-electron chi connectivity index (χ4n) is 0.910. The van der Waals surface area contributed by atoms with Crippen LogP contribution in [0.2, 0.25) is 0 Å². The van der Waals surface area contributed by atoms with Gasteiger partial charge < -0.3 is 10.2 Å². The number of nitrogen functional groups attached to an aromatic ring is 1. The lowest BCUT2D eigenvalue weighted by Crippen LogP contribution is -1.89. The lowest BCUT2D eigenvalue weighted by atomic mass is 10.4. The average Bonchev–Trinajstić information content (AvgIpc) is 2.70. The third-order valence-electron chi connectivity index (χ3n) is 1.46. The number of hydrogen-bond donors (Lipinski definition) is 2. The van der Waals surface area contributed by atoms with E-state index in [1.165, 1.54) is 0 Å². The van der Waals surface area contributed by atoms with Gasteiger partial charge in [0.2, 0.25) is 5.69 Å². The van der Waals surface area contributed by atoms with E-state index in [-0.39, 0.29) is 23.3 Å². The minimum atomic E-state index is -0.612. The summed E-state index contributed by atoms with van der Waals surface area (Å²) in [5, 5.41) is 23.2. The molecule has 0 unspecified atom stereocenters. The molecule has 2 aromatic heterocycles. The average molecular weight is 196 g/mol. The van der Waals surface area contributed by atoms with E-state index in [1.54, 1.807) is 0 Å². The summed E-state index contributed by atoms with van der Waals surface area (Å²) >= 11 is 0. The Bertz CT molecular complexity index is 473. The molecule has 9 heteroatoms. The van der Waals surface area contributed by atoms with E-state index in [0.29, 0.717) is 0 Å². The summed E-state index contributed by atoms with van der Waals surface area (Å²) in [4.78, 5) is 9.88. The van der Waals surface area contributed by atoms with Gasteiger partial charge in [-0.3, -0.25) is 15.2 Å². The molecule has 0 aliphatic heterocycles. The predicted molar refractivity (Wildman–Crippen MR) is 42.9 cm³/mol. The summed E-state index contributed by atoms with van der Waals surface area (Å²) in [7, 11) is 0. The van der Waals surface area contributed by atoms with E-state index in [0.717, 1.165) is 6.20 Å². The number of hydrogen-bond acceptors (Lipinski definition) is 7. The van der Waals surface area contributed by atoms with Crippen molar-refractivity contribution in [1.29, 1.82) is 0 Å². The third kappa shape index (κ3) is 1.16. The molecule has 0 bridgehead atoms. The quantitative estimate of drug-likeness (QED) is 0.507. The smallest absolute Gasteiger partial charge is 0.319 e. The highest BCUT2D eigenvalue weighted by atomic mass is 16.6. The van der Waals surface area contributed by atoms with Gasteiger partial charge in [-0.2, -0.15) is 5.10 Å². The Morgan fingerprint density at radius 2 is 2.36 bits per heavy atom. The Morgan fingerprint density at radius 1 is 1.57 bits per heavy atom. The Labute approximate surface area is 76.1 Å². The first-order valence-electron chi connectivity index (χ1n) is 3.46. The molecule has 0 aliphatic carbocycles. The van der Waals surface area contributed by atoms with Gasteiger partial charge in [0.15, 0.2) is 0 Å². The molecule has 0 saturated heterocycles. The lowest BCUT2D eigenvalue weighted by molar-refractivity contribution is -0.384. The third-order valence-corrected chi connectivity index (χ3v) is 1.46. The van der Waals surface area contributed by atoms with E-state index in [9.17, 15) is 10.1 Å². The van der Waals surface area contributed by atoms with Crippen LogP contribution in [-0.2, 0) is 0 Å². The molecule has 2 heterocycles. The molecule has 0 amide bonds. The van der Waals surface area contributed by atoms with Crippen LogP contribution >= 0.6 is 0 Å². The molecular weight excluding hydrogens is 192 g/mol. The fraction of sp³-hybridized carbons (Fsp3) is 0. The molecule has 0 aromatic carbocycles. The number of nitro groups is 1. The van der Waals surface area contributed by atoms with Gasteiger partial charge in [-0.15, -0.1) is 5.10 Å². The maximum absolute atomic E-state index is 10.5. The van der Waals surface area contributed by atoms with Crippen LogP contribution in [0.15, 0.2) is 10.6 Å². The standard InChI is InChI=1S/C5H4N6O3/c6-5-10-9-4(14-5)3-2(11(12)13)1-7-8-3/h1H,(H2,6,10)(H,7,8). The number of nitrogens with two attached hydrogens (primary N) is 1. The topological polar surface area (TPSA) is 137 Å². The van der Waals surface area contributed by atoms with E-state index in [1.807, 2.05) is 0 Å². The highest BCUT2D eigenvalue weighted by molar-refractivity contribution is 5.60. The number of aromatic nitrogens is 4. The van der Waals surface area contributed by atoms with E-state index < -0.39 is 4.92 Å². The monoisotopic (exact) mass is 196 g/mol. The number of aromatic amines is 1. The van der Waals surface area contributed by atoms with Crippen molar-refractivity contribution in [1.82, 2.24) is 20.4 Å².